The third-order valence-corrected chi connectivity index (χ3v) is 3.12. The molecule has 0 spiro atoms. The van der Waals surface area contributed by atoms with Gasteiger partial charge in [-0.15, -0.1) is 0 Å². The van der Waals surface area contributed by atoms with Gasteiger partial charge in [0.1, 0.15) is 0 Å². The van der Waals surface area contributed by atoms with E-state index < -0.39 is 6.02 Å². The fourth-order valence-corrected chi connectivity index (χ4v) is 2.35. The zero-order chi connectivity index (χ0) is 14.3. The van der Waals surface area contributed by atoms with E-state index in [1.54, 1.807) is 6.08 Å². The van der Waals surface area contributed by atoms with Crippen molar-refractivity contribution in [2.45, 2.75) is 19.9 Å². The molecule has 0 bridgehead atoms. The fraction of sp³-hybridized carbons (Fsp3) is 0.176. The molecule has 2 heteroatoms. The first-order valence-electron chi connectivity index (χ1n) is 7.11. The maximum absolute atomic E-state index is 8.74. The van der Waals surface area contributed by atoms with Crippen LogP contribution in [-0.4, -0.2) is 0 Å². The van der Waals surface area contributed by atoms with E-state index in [2.05, 4.69) is 6.07 Å². The van der Waals surface area contributed by atoms with Gasteiger partial charge in [-0.3, -0.25) is 0 Å². The molecular formula is C17H17IrN+3. The van der Waals surface area contributed by atoms with E-state index in [1.165, 1.54) is 5.31 Å². The van der Waals surface area contributed by atoms with Crippen LogP contribution in [0.25, 0.3) is 6.08 Å². The van der Waals surface area contributed by atoms with Crippen molar-refractivity contribution in [3.05, 3.63) is 70.8 Å². The molecule has 1 aliphatic heterocycles. The van der Waals surface area contributed by atoms with Gasteiger partial charge in [0.2, 0.25) is 0 Å². The van der Waals surface area contributed by atoms with Gasteiger partial charge < -0.3 is 5.31 Å². The summed E-state index contributed by atoms with van der Waals surface area (Å²) in [4.78, 5) is 0. The van der Waals surface area contributed by atoms with E-state index in [4.69, 9.17) is 2.78 Å². The Morgan fingerprint density at radius 1 is 1.11 bits per heavy atom. The smallest absolute Gasteiger partial charge is 0.374 e. The number of rotatable bonds is 1. The number of para-hydroxylation sites is 1. The minimum atomic E-state index is -1.18. The molecule has 96 valence electrons. The van der Waals surface area contributed by atoms with E-state index in [1.807, 2.05) is 56.3 Å². The zero-order valence-electron chi connectivity index (χ0n) is 13.0. The number of hydrogen-bond donors (Lipinski definition) is 1. The van der Waals surface area contributed by atoms with Gasteiger partial charge in [-0.05, 0) is 31.0 Å². The molecule has 2 aromatic carbocycles. The van der Waals surface area contributed by atoms with Crippen LogP contribution in [-0.2, 0) is 20.1 Å². The molecule has 1 heterocycles. The molecule has 0 saturated heterocycles. The summed E-state index contributed by atoms with van der Waals surface area (Å²) in [6, 6.07) is 12.6. The van der Waals surface area contributed by atoms with Crippen molar-refractivity contribution in [3.63, 3.8) is 0 Å². The Morgan fingerprint density at radius 3 is 2.53 bits per heavy atom. The summed E-state index contributed by atoms with van der Waals surface area (Å²) in [5.41, 5.74) is 4.81. The van der Waals surface area contributed by atoms with Crippen molar-refractivity contribution in [2.75, 3.05) is 5.31 Å². The van der Waals surface area contributed by atoms with Crippen LogP contribution >= 0.6 is 0 Å². The summed E-state index contributed by atoms with van der Waals surface area (Å²) in [6.07, 6.45) is 3.72. The van der Waals surface area contributed by atoms with Gasteiger partial charge in [0.15, 0.2) is 1.41 Å². The van der Waals surface area contributed by atoms with Crippen LogP contribution in [0.1, 0.15) is 29.6 Å². The van der Waals surface area contributed by atoms with E-state index in [9.17, 15) is 0 Å². The van der Waals surface area contributed by atoms with Crippen molar-refractivity contribution in [2.24, 2.45) is 0 Å². The molecule has 19 heavy (non-hydrogen) atoms. The molecule has 1 aliphatic rings. The van der Waals surface area contributed by atoms with E-state index in [0.29, 0.717) is 0 Å². The first-order chi connectivity index (χ1) is 9.50. The Balaban J connectivity index is 0.00000161. The molecule has 0 fully saturated rings. The molecule has 0 amide bonds. The summed E-state index contributed by atoms with van der Waals surface area (Å²) < 4.78 is 17.1. The SMILES string of the molecule is [2H]N1c2ccccc2C=CC1([2H])c1cc(C)cc(C)c1.[Ir+3]. The van der Waals surface area contributed by atoms with Gasteiger partial charge in [0.05, 0.1) is 7.39 Å². The first-order valence-corrected chi connectivity index (χ1v) is 6.17. The number of anilines is 1. The third-order valence-electron chi connectivity index (χ3n) is 3.12. The second-order valence-corrected chi connectivity index (χ2v) is 4.77. The minimum absolute atomic E-state index is 0. The van der Waals surface area contributed by atoms with Gasteiger partial charge in [0.25, 0.3) is 0 Å². The molecule has 3 rings (SSSR count). The average Bonchev–Trinajstić information content (AvgIpc) is 2.42. The quantitative estimate of drug-likeness (QED) is 0.705. The third kappa shape index (κ3) is 2.97. The van der Waals surface area contributed by atoms with Crippen LogP contribution in [0.5, 0.6) is 0 Å². The molecule has 1 unspecified atom stereocenters. The Labute approximate surface area is 131 Å². The molecule has 1 N–H and O–H groups in total. The predicted molar refractivity (Wildman–Crippen MR) is 77.8 cm³/mol. The minimum Gasteiger partial charge on any atom is -0.374 e. The molecule has 0 aromatic heterocycles. The first kappa shape index (κ1) is 11.5. The van der Waals surface area contributed by atoms with Crippen LogP contribution in [0.15, 0.2) is 48.5 Å². The molecule has 1 nitrogen and oxygen atoms in total. The van der Waals surface area contributed by atoms with Gasteiger partial charge in [-0.25, -0.2) is 0 Å². The number of nitrogens with one attached hydrogen (secondary N) is 1. The summed E-state index contributed by atoms with van der Waals surface area (Å²) in [6.45, 7) is 4.04. The normalized spacial score (nSPS) is 22.1. The van der Waals surface area contributed by atoms with Crippen LogP contribution in [0.2, 0.25) is 1.41 Å². The van der Waals surface area contributed by atoms with Crippen molar-refractivity contribution in [1.29, 1.82) is 0 Å². The zero-order valence-corrected chi connectivity index (χ0v) is 13.4. The Hall–Kier alpha value is -1.37. The fourth-order valence-electron chi connectivity index (χ4n) is 2.35. The average molecular weight is 430 g/mol. The number of benzene rings is 2. The second-order valence-electron chi connectivity index (χ2n) is 4.77. The van der Waals surface area contributed by atoms with Crippen LogP contribution in [0.4, 0.5) is 5.69 Å². The number of hydrogen-bond acceptors (Lipinski definition) is 1. The molecule has 2 aromatic rings. The second kappa shape index (κ2) is 5.73. The van der Waals surface area contributed by atoms with Crippen molar-refractivity contribution < 1.29 is 22.9 Å². The van der Waals surface area contributed by atoms with Crippen LogP contribution < -0.4 is 5.31 Å². The molecular weight excluding hydrogens is 410 g/mol. The number of fused-ring (bicyclic) bond motifs is 1. The maximum Gasteiger partial charge on any atom is 3.00 e. The standard InChI is InChI=1S/C17H17N.Ir/c1-12-9-13(2)11-15(10-12)17-8-7-14-5-3-4-6-16(14)18-17;/h3-11,17-18H,1-2H3;/q;+3/i17D;/hD. The molecule has 0 radical (unpaired) electrons. The van der Waals surface area contributed by atoms with Crippen LogP contribution in [0, 0.1) is 13.8 Å². The van der Waals surface area contributed by atoms with Crippen molar-refractivity contribution in [3.8, 4) is 0 Å². The molecule has 0 saturated carbocycles. The van der Waals surface area contributed by atoms with Gasteiger partial charge >= 0.3 is 20.1 Å². The predicted octanol–water partition coefficient (Wildman–Crippen LogP) is 4.48. The maximum atomic E-state index is 8.74. The summed E-state index contributed by atoms with van der Waals surface area (Å²) >= 11 is 0. The molecule has 0 aliphatic carbocycles. The Bertz CT molecular complexity index is 679. The van der Waals surface area contributed by atoms with Gasteiger partial charge in [-0.1, -0.05) is 59.7 Å². The summed E-state index contributed by atoms with van der Waals surface area (Å²) in [5, 5.41) is 1.29. The number of aryl methyl sites for hydroxylation is 2. The van der Waals surface area contributed by atoms with E-state index >= 15 is 0 Å². The molecule has 1 atom stereocenters. The largest absolute Gasteiger partial charge is 3.00 e. The van der Waals surface area contributed by atoms with Crippen molar-refractivity contribution >= 4 is 11.8 Å². The summed E-state index contributed by atoms with van der Waals surface area (Å²) in [7, 11) is 0. The van der Waals surface area contributed by atoms with Crippen molar-refractivity contribution in [1.82, 2.24) is 0 Å². The monoisotopic (exact) mass is 430 g/mol. The van der Waals surface area contributed by atoms with Gasteiger partial charge in [-0.2, -0.15) is 0 Å². The Kier molecular flexibility index (Phi) is 3.45. The van der Waals surface area contributed by atoms with Crippen LogP contribution in [0.3, 0.4) is 0 Å². The van der Waals surface area contributed by atoms with Gasteiger partial charge in [0, 0.05) is 5.69 Å². The topological polar surface area (TPSA) is 12.0 Å². The summed E-state index contributed by atoms with van der Waals surface area (Å²) in [5.74, 6) is 0. The Morgan fingerprint density at radius 2 is 1.79 bits per heavy atom. The van der Waals surface area contributed by atoms with E-state index in [0.717, 1.165) is 27.9 Å². The van der Waals surface area contributed by atoms with E-state index in [-0.39, 0.29) is 20.1 Å².